The second-order valence-electron chi connectivity index (χ2n) is 3.53. The van der Waals surface area contributed by atoms with Gasteiger partial charge in [-0.15, -0.1) is 0 Å². The first-order valence-corrected chi connectivity index (χ1v) is 5.96. The Bertz CT molecular complexity index is 652. The van der Waals surface area contributed by atoms with Crippen LogP contribution < -0.4 is 11.1 Å². The van der Waals surface area contributed by atoms with Crippen LogP contribution in [0.15, 0.2) is 21.6 Å². The van der Waals surface area contributed by atoms with Gasteiger partial charge in [-0.2, -0.15) is 0 Å². The van der Waals surface area contributed by atoms with Crippen LogP contribution in [0, 0.1) is 0 Å². The molecular formula is C10H8Cl2N4O3. The molecule has 19 heavy (non-hydrogen) atoms. The van der Waals surface area contributed by atoms with E-state index in [1.165, 1.54) is 12.3 Å². The number of carbonyl (C=O) groups excluding carboxylic acids is 1. The molecule has 7 nitrogen and oxygen atoms in total. The predicted molar refractivity (Wildman–Crippen MR) is 67.4 cm³/mol. The molecule has 0 aliphatic heterocycles. The first-order chi connectivity index (χ1) is 9.06. The summed E-state index contributed by atoms with van der Waals surface area (Å²) in [5.74, 6) is -0.672. The number of nitrogens with one attached hydrogen (secondary N) is 2. The van der Waals surface area contributed by atoms with E-state index in [0.29, 0.717) is 12.2 Å². The Balaban J connectivity index is 1.94. The summed E-state index contributed by atoms with van der Waals surface area (Å²) >= 11 is 11.5. The van der Waals surface area contributed by atoms with Gasteiger partial charge < -0.3 is 5.32 Å². The molecule has 2 heterocycles. The van der Waals surface area contributed by atoms with Gasteiger partial charge in [0.1, 0.15) is 5.15 Å². The second kappa shape index (κ2) is 5.85. The van der Waals surface area contributed by atoms with Crippen molar-refractivity contribution in [3.63, 3.8) is 0 Å². The van der Waals surface area contributed by atoms with Crippen molar-refractivity contribution in [3.8, 4) is 0 Å². The van der Waals surface area contributed by atoms with Crippen LogP contribution in [-0.2, 0) is 6.42 Å². The summed E-state index contributed by atoms with van der Waals surface area (Å²) < 4.78 is 4.32. The largest absolute Gasteiger partial charge is 0.438 e. The van der Waals surface area contributed by atoms with Gasteiger partial charge in [0.15, 0.2) is 5.82 Å². The number of aromatic amines is 1. The van der Waals surface area contributed by atoms with Gasteiger partial charge in [0.2, 0.25) is 0 Å². The SMILES string of the molecule is O=C(NCCc1noc(=O)[nH]1)c1cc(Cl)ncc1Cl. The molecule has 0 aromatic carbocycles. The maximum atomic E-state index is 11.8. The second-order valence-corrected chi connectivity index (χ2v) is 4.33. The first kappa shape index (κ1) is 13.6. The number of hydrogen-bond donors (Lipinski definition) is 2. The van der Waals surface area contributed by atoms with Crippen LogP contribution in [0.4, 0.5) is 0 Å². The van der Waals surface area contributed by atoms with E-state index in [1.54, 1.807) is 0 Å². The number of rotatable bonds is 4. The van der Waals surface area contributed by atoms with Crippen LogP contribution in [0.5, 0.6) is 0 Å². The molecule has 0 atom stereocenters. The third kappa shape index (κ3) is 3.55. The molecule has 2 N–H and O–H groups in total. The molecule has 100 valence electrons. The summed E-state index contributed by atoms with van der Waals surface area (Å²) in [7, 11) is 0. The summed E-state index contributed by atoms with van der Waals surface area (Å²) in [6.07, 6.45) is 1.63. The van der Waals surface area contributed by atoms with Crippen molar-refractivity contribution < 1.29 is 9.32 Å². The maximum Gasteiger partial charge on any atom is 0.438 e. The molecule has 0 radical (unpaired) electrons. The van der Waals surface area contributed by atoms with Gasteiger partial charge in [-0.1, -0.05) is 28.4 Å². The summed E-state index contributed by atoms with van der Waals surface area (Å²) in [4.78, 5) is 28.6. The number of nitrogens with zero attached hydrogens (tertiary/aromatic N) is 2. The smallest absolute Gasteiger partial charge is 0.352 e. The van der Waals surface area contributed by atoms with Crippen molar-refractivity contribution in [1.82, 2.24) is 20.4 Å². The molecule has 0 bridgehead atoms. The number of amides is 1. The number of halogens is 2. The zero-order valence-corrected chi connectivity index (χ0v) is 11.0. The fourth-order valence-electron chi connectivity index (χ4n) is 1.35. The normalized spacial score (nSPS) is 10.4. The highest BCUT2D eigenvalue weighted by Crippen LogP contribution is 2.17. The van der Waals surface area contributed by atoms with E-state index in [2.05, 4.69) is 25.0 Å². The number of pyridine rings is 1. The average Bonchev–Trinajstić information content (AvgIpc) is 2.78. The minimum Gasteiger partial charge on any atom is -0.352 e. The minimum atomic E-state index is -0.634. The van der Waals surface area contributed by atoms with E-state index in [9.17, 15) is 9.59 Å². The number of carbonyl (C=O) groups is 1. The van der Waals surface area contributed by atoms with Gasteiger partial charge in [0, 0.05) is 19.2 Å². The fraction of sp³-hybridized carbons (Fsp3) is 0.200. The van der Waals surface area contributed by atoms with E-state index in [1.807, 2.05) is 0 Å². The van der Waals surface area contributed by atoms with Gasteiger partial charge in [-0.3, -0.25) is 14.3 Å². The molecule has 1 amide bonds. The average molecular weight is 303 g/mol. The van der Waals surface area contributed by atoms with Crippen LogP contribution in [0.1, 0.15) is 16.2 Å². The van der Waals surface area contributed by atoms with Gasteiger partial charge in [-0.05, 0) is 6.07 Å². The van der Waals surface area contributed by atoms with Crippen LogP contribution in [0.2, 0.25) is 10.2 Å². The molecule has 9 heteroatoms. The Kier molecular flexibility index (Phi) is 4.18. The molecule has 0 fully saturated rings. The van der Waals surface area contributed by atoms with Crippen molar-refractivity contribution in [3.05, 3.63) is 44.4 Å². The molecule has 2 aromatic rings. The monoisotopic (exact) mass is 302 g/mol. The van der Waals surface area contributed by atoms with Crippen molar-refractivity contribution in [1.29, 1.82) is 0 Å². The van der Waals surface area contributed by atoms with E-state index >= 15 is 0 Å². The van der Waals surface area contributed by atoms with Crippen LogP contribution in [-0.4, -0.2) is 27.6 Å². The van der Waals surface area contributed by atoms with Crippen molar-refractivity contribution in [2.24, 2.45) is 0 Å². The summed E-state index contributed by atoms with van der Waals surface area (Å²) in [5.41, 5.74) is 0.232. The predicted octanol–water partition coefficient (Wildman–Crippen LogP) is 1.04. The van der Waals surface area contributed by atoms with Gasteiger partial charge in [0.25, 0.3) is 5.91 Å². The Labute approximate surface area is 116 Å². The molecule has 0 saturated carbocycles. The lowest BCUT2D eigenvalue weighted by molar-refractivity contribution is 0.0954. The Morgan fingerprint density at radius 3 is 2.95 bits per heavy atom. The van der Waals surface area contributed by atoms with Gasteiger partial charge in [0.05, 0.1) is 10.6 Å². The third-order valence-corrected chi connectivity index (χ3v) is 2.71. The van der Waals surface area contributed by atoms with Crippen molar-refractivity contribution >= 4 is 29.1 Å². The zero-order chi connectivity index (χ0) is 13.8. The summed E-state index contributed by atoms with van der Waals surface area (Å²) in [6.45, 7) is 0.261. The van der Waals surface area contributed by atoms with E-state index in [-0.39, 0.29) is 28.2 Å². The molecular weight excluding hydrogens is 295 g/mol. The zero-order valence-electron chi connectivity index (χ0n) is 9.44. The van der Waals surface area contributed by atoms with Crippen LogP contribution >= 0.6 is 23.2 Å². The maximum absolute atomic E-state index is 11.8. The topological polar surface area (TPSA) is 101 Å². The van der Waals surface area contributed by atoms with Crippen LogP contribution in [0.25, 0.3) is 0 Å². The summed E-state index contributed by atoms with van der Waals surface area (Å²) in [5, 5.41) is 6.46. The van der Waals surface area contributed by atoms with Crippen LogP contribution in [0.3, 0.4) is 0 Å². The molecule has 0 saturated heterocycles. The Morgan fingerprint density at radius 1 is 1.47 bits per heavy atom. The molecule has 0 aliphatic rings. The highest BCUT2D eigenvalue weighted by Gasteiger charge is 2.11. The molecule has 2 rings (SSSR count). The minimum absolute atomic E-state index is 0.176. The highest BCUT2D eigenvalue weighted by molar-refractivity contribution is 6.35. The molecule has 0 unspecified atom stereocenters. The van der Waals surface area contributed by atoms with Crippen molar-refractivity contribution in [2.75, 3.05) is 6.54 Å². The quantitative estimate of drug-likeness (QED) is 0.822. The highest BCUT2D eigenvalue weighted by atomic mass is 35.5. The lowest BCUT2D eigenvalue weighted by Gasteiger charge is -2.05. The first-order valence-electron chi connectivity index (χ1n) is 5.20. The van der Waals surface area contributed by atoms with E-state index in [4.69, 9.17) is 23.2 Å². The fourth-order valence-corrected chi connectivity index (χ4v) is 1.69. The lowest BCUT2D eigenvalue weighted by atomic mass is 10.2. The number of hydrogen-bond acceptors (Lipinski definition) is 5. The number of aromatic nitrogens is 3. The molecule has 0 spiro atoms. The van der Waals surface area contributed by atoms with E-state index < -0.39 is 5.76 Å². The lowest BCUT2D eigenvalue weighted by Crippen LogP contribution is -2.26. The van der Waals surface area contributed by atoms with E-state index in [0.717, 1.165) is 0 Å². The summed E-state index contributed by atoms with van der Waals surface area (Å²) in [6, 6.07) is 1.37. The third-order valence-electron chi connectivity index (χ3n) is 2.20. The molecule has 0 aliphatic carbocycles. The van der Waals surface area contributed by atoms with Gasteiger partial charge in [-0.25, -0.2) is 9.78 Å². The Hall–Kier alpha value is -1.86. The molecule has 2 aromatic heterocycles. The standard InChI is InChI=1S/C10H8Cl2N4O3/c11-6-4-14-7(12)3-5(6)9(17)13-2-1-8-15-10(18)19-16-8/h3-4H,1-2H2,(H,13,17)(H,15,16,18). The van der Waals surface area contributed by atoms with Crippen molar-refractivity contribution in [2.45, 2.75) is 6.42 Å². The van der Waals surface area contributed by atoms with Gasteiger partial charge >= 0.3 is 5.76 Å². The number of H-pyrrole nitrogens is 1. The Morgan fingerprint density at radius 2 is 2.26 bits per heavy atom.